The normalized spacial score (nSPS) is 18.8. The van der Waals surface area contributed by atoms with Crippen LogP contribution in [0.3, 0.4) is 0 Å². The molecule has 2 aromatic rings. The van der Waals surface area contributed by atoms with Crippen molar-refractivity contribution >= 4 is 17.7 Å². The second-order valence-corrected chi connectivity index (χ2v) is 11.0. The Hall–Kier alpha value is -3.43. The van der Waals surface area contributed by atoms with E-state index in [1.165, 1.54) is 12.1 Å². The van der Waals surface area contributed by atoms with Gasteiger partial charge in [0.1, 0.15) is 23.1 Å². The van der Waals surface area contributed by atoms with Gasteiger partial charge in [-0.05, 0) is 51.5 Å². The number of carbonyl (C=O) groups excluding carboxylic acids is 2. The maximum atomic E-state index is 13.5. The van der Waals surface area contributed by atoms with E-state index in [1.54, 1.807) is 35.4 Å². The lowest BCUT2D eigenvalue weighted by Crippen LogP contribution is -2.40. The summed E-state index contributed by atoms with van der Waals surface area (Å²) in [6.07, 6.45) is 3.39. The summed E-state index contributed by atoms with van der Waals surface area (Å²) in [5.41, 5.74) is 0.649. The van der Waals surface area contributed by atoms with E-state index in [0.717, 1.165) is 38.5 Å². The molecule has 2 aliphatic rings. The Morgan fingerprint density at radius 3 is 2.24 bits per heavy atom. The first kappa shape index (κ1) is 27.6. The molecule has 0 radical (unpaired) electrons. The predicted molar refractivity (Wildman–Crippen MR) is 140 cm³/mol. The number of halogens is 2. The van der Waals surface area contributed by atoms with Gasteiger partial charge in [-0.3, -0.25) is 4.79 Å². The fourth-order valence-electron chi connectivity index (χ4n) is 4.60. The molecular weight excluding hydrogens is 494 g/mol. The number of nitrogens with zero attached hydrogens (tertiary/aromatic N) is 3. The van der Waals surface area contributed by atoms with Crippen LogP contribution >= 0.6 is 0 Å². The van der Waals surface area contributed by atoms with Crippen LogP contribution in [0.5, 0.6) is 5.75 Å². The summed E-state index contributed by atoms with van der Waals surface area (Å²) in [6, 6.07) is 9.64. The Labute approximate surface area is 222 Å². The molecule has 1 aromatic carbocycles. The van der Waals surface area contributed by atoms with Gasteiger partial charge in [0.2, 0.25) is 0 Å². The molecule has 2 aliphatic heterocycles. The number of amides is 2. The van der Waals surface area contributed by atoms with Gasteiger partial charge in [0.05, 0.1) is 6.20 Å². The first-order valence-electron chi connectivity index (χ1n) is 13.0. The van der Waals surface area contributed by atoms with Crippen molar-refractivity contribution in [2.24, 2.45) is 0 Å². The van der Waals surface area contributed by atoms with Gasteiger partial charge < -0.3 is 24.6 Å². The predicted octanol–water partition coefficient (Wildman–Crippen LogP) is 4.98. The Morgan fingerprint density at radius 2 is 1.66 bits per heavy atom. The minimum absolute atomic E-state index is 0.00398. The van der Waals surface area contributed by atoms with Crippen LogP contribution in [-0.2, 0) is 10.7 Å². The van der Waals surface area contributed by atoms with E-state index in [2.05, 4.69) is 15.2 Å². The highest BCUT2D eigenvalue weighted by atomic mass is 19.3. The van der Waals surface area contributed by atoms with Gasteiger partial charge in [0.15, 0.2) is 0 Å². The van der Waals surface area contributed by atoms with Crippen LogP contribution in [-0.4, -0.2) is 65.8 Å². The van der Waals surface area contributed by atoms with E-state index < -0.39 is 11.5 Å². The fourth-order valence-corrected chi connectivity index (χ4v) is 4.60. The van der Waals surface area contributed by atoms with Crippen LogP contribution in [0.25, 0.3) is 0 Å². The van der Waals surface area contributed by atoms with Crippen LogP contribution in [0.4, 0.5) is 19.3 Å². The Kier molecular flexibility index (Phi) is 8.08. The molecule has 8 nitrogen and oxygen atoms in total. The molecule has 0 aliphatic carbocycles. The molecule has 206 valence electrons. The maximum Gasteiger partial charge on any atom is 0.410 e. The lowest BCUT2D eigenvalue weighted by Gasteiger charge is -2.33. The molecule has 0 saturated carbocycles. The van der Waals surface area contributed by atoms with Gasteiger partial charge in [0.25, 0.3) is 11.8 Å². The summed E-state index contributed by atoms with van der Waals surface area (Å²) in [6.45, 7) is 8.79. The number of aromatic nitrogens is 1. The molecule has 10 heteroatoms. The first-order valence-corrected chi connectivity index (χ1v) is 13.0. The zero-order valence-corrected chi connectivity index (χ0v) is 22.4. The molecule has 38 heavy (non-hydrogen) atoms. The molecule has 2 fully saturated rings. The van der Waals surface area contributed by atoms with E-state index in [9.17, 15) is 18.4 Å². The second kappa shape index (κ2) is 11.1. The van der Waals surface area contributed by atoms with Crippen molar-refractivity contribution in [3.63, 3.8) is 0 Å². The lowest BCUT2D eigenvalue weighted by molar-refractivity contribution is 0.0174. The summed E-state index contributed by atoms with van der Waals surface area (Å²) in [4.78, 5) is 32.9. The molecule has 1 aromatic heterocycles. The second-order valence-electron chi connectivity index (χ2n) is 11.0. The average Bonchev–Trinajstić information content (AvgIpc) is 3.32. The lowest BCUT2D eigenvalue weighted by atomic mass is 10.1. The summed E-state index contributed by atoms with van der Waals surface area (Å²) in [5.74, 6) is -2.55. The van der Waals surface area contributed by atoms with Crippen LogP contribution < -0.4 is 15.0 Å². The molecule has 2 amide bonds. The highest BCUT2D eigenvalue weighted by Crippen LogP contribution is 2.30. The summed E-state index contributed by atoms with van der Waals surface area (Å²) >= 11 is 0. The Bertz CT molecular complexity index is 1110. The van der Waals surface area contributed by atoms with E-state index in [1.807, 2.05) is 20.8 Å². The first-order chi connectivity index (χ1) is 17.9. The third-order valence-electron chi connectivity index (χ3n) is 6.63. The smallest absolute Gasteiger partial charge is 0.410 e. The number of likely N-dealkylation sites (tertiary alicyclic amines) is 1. The molecule has 1 unspecified atom stereocenters. The highest BCUT2D eigenvalue weighted by Gasteiger charge is 2.31. The van der Waals surface area contributed by atoms with Crippen molar-refractivity contribution in [3.05, 3.63) is 53.9 Å². The van der Waals surface area contributed by atoms with Crippen molar-refractivity contribution in [3.8, 4) is 5.75 Å². The highest BCUT2D eigenvalue weighted by molar-refractivity contribution is 5.92. The zero-order chi connectivity index (χ0) is 27.5. The topological polar surface area (TPSA) is 84.0 Å². The molecule has 1 atom stereocenters. The largest absolute Gasteiger partial charge is 0.489 e. The Balaban J connectivity index is 1.22. The average molecular weight is 531 g/mol. The Morgan fingerprint density at radius 1 is 0.974 bits per heavy atom. The third kappa shape index (κ3) is 7.33. The van der Waals surface area contributed by atoms with Gasteiger partial charge in [0, 0.05) is 63.2 Å². The van der Waals surface area contributed by atoms with Crippen molar-refractivity contribution in [1.82, 2.24) is 15.2 Å². The van der Waals surface area contributed by atoms with Gasteiger partial charge in [-0.2, -0.15) is 0 Å². The number of carbonyl (C=O) groups is 2. The molecule has 0 spiro atoms. The maximum absolute atomic E-state index is 13.5. The van der Waals surface area contributed by atoms with Crippen molar-refractivity contribution in [2.75, 3.05) is 31.1 Å². The van der Waals surface area contributed by atoms with Gasteiger partial charge >= 0.3 is 6.09 Å². The van der Waals surface area contributed by atoms with E-state index in [4.69, 9.17) is 9.47 Å². The number of anilines is 1. The minimum Gasteiger partial charge on any atom is -0.489 e. The molecule has 3 heterocycles. The molecule has 0 bridgehead atoms. The van der Waals surface area contributed by atoms with Crippen molar-refractivity contribution < 1.29 is 27.8 Å². The number of rotatable bonds is 6. The number of hydrogen-bond donors (Lipinski definition) is 1. The monoisotopic (exact) mass is 530 g/mol. The number of ether oxygens (including phenoxy) is 2. The SMILES string of the molecule is CC(C)(C)OC(=O)N1CCC(NC(=O)c2ccc(OC3CCN(c4ccc(C(C)(F)F)cc4)CC3)cn2)C1. The van der Waals surface area contributed by atoms with Crippen LogP contribution in [0, 0.1) is 0 Å². The summed E-state index contributed by atoms with van der Waals surface area (Å²) in [5, 5.41) is 2.94. The van der Waals surface area contributed by atoms with Crippen LogP contribution in [0.2, 0.25) is 0 Å². The summed E-state index contributed by atoms with van der Waals surface area (Å²) in [7, 11) is 0. The zero-order valence-electron chi connectivity index (χ0n) is 22.4. The van der Waals surface area contributed by atoms with Gasteiger partial charge in [-0.25, -0.2) is 18.6 Å². The van der Waals surface area contributed by atoms with E-state index in [0.29, 0.717) is 25.3 Å². The van der Waals surface area contributed by atoms with E-state index in [-0.39, 0.29) is 35.4 Å². The fraction of sp³-hybridized carbons (Fsp3) is 0.536. The van der Waals surface area contributed by atoms with Gasteiger partial charge in [-0.1, -0.05) is 12.1 Å². The van der Waals surface area contributed by atoms with E-state index >= 15 is 0 Å². The third-order valence-corrected chi connectivity index (χ3v) is 6.63. The number of alkyl halides is 2. The summed E-state index contributed by atoms with van der Waals surface area (Å²) < 4.78 is 38.4. The van der Waals surface area contributed by atoms with Crippen molar-refractivity contribution in [1.29, 1.82) is 0 Å². The van der Waals surface area contributed by atoms with Gasteiger partial charge in [-0.15, -0.1) is 0 Å². The van der Waals surface area contributed by atoms with Crippen molar-refractivity contribution in [2.45, 2.75) is 70.6 Å². The molecule has 2 saturated heterocycles. The standard InChI is InChI=1S/C28H36F2N4O4/c1-27(2,3)38-26(36)34-14-11-20(18-34)32-25(35)24-10-9-23(17-31-24)37-22-12-15-33(16-13-22)21-7-5-19(6-8-21)28(4,29)30/h5-10,17,20,22H,11-16,18H2,1-4H3,(H,32,35). The molecule has 4 rings (SSSR count). The minimum atomic E-state index is -2.84. The molecule has 1 N–H and O–H groups in total. The number of piperidine rings is 1. The number of nitrogens with one attached hydrogen (secondary N) is 1. The number of benzene rings is 1. The van der Waals surface area contributed by atoms with Crippen LogP contribution in [0.1, 0.15) is 63.0 Å². The molecular formula is C28H36F2N4O4. The number of pyridine rings is 1. The quantitative estimate of drug-likeness (QED) is 0.567. The van der Waals surface area contributed by atoms with Crippen LogP contribution in [0.15, 0.2) is 42.6 Å². The number of hydrogen-bond acceptors (Lipinski definition) is 6.